The first-order chi connectivity index (χ1) is 8.25. The van der Waals surface area contributed by atoms with Crippen molar-refractivity contribution in [3.63, 3.8) is 0 Å². The first-order valence-electron chi connectivity index (χ1n) is 5.33. The van der Waals surface area contributed by atoms with Crippen molar-refractivity contribution < 1.29 is 4.79 Å². The molecule has 0 atom stereocenters. The van der Waals surface area contributed by atoms with Crippen molar-refractivity contribution in [1.29, 1.82) is 0 Å². The van der Waals surface area contributed by atoms with Gasteiger partial charge in [0.2, 0.25) is 5.91 Å². The monoisotopic (exact) mass is 245 g/mol. The van der Waals surface area contributed by atoms with Gasteiger partial charge in [-0.1, -0.05) is 30.0 Å². The molecule has 1 aliphatic heterocycles. The lowest BCUT2D eigenvalue weighted by atomic mass is 10.3. The van der Waals surface area contributed by atoms with Gasteiger partial charge in [-0.15, -0.1) is 0 Å². The van der Waals surface area contributed by atoms with Crippen LogP contribution in [0.2, 0.25) is 0 Å². The molecule has 3 rings (SSSR count). The molecule has 17 heavy (non-hydrogen) atoms. The minimum Gasteiger partial charge on any atom is -0.321 e. The Morgan fingerprint density at radius 2 is 2.12 bits per heavy atom. The Kier molecular flexibility index (Phi) is 2.40. The molecular formula is C12H11N3OS. The molecule has 1 aromatic carbocycles. The topological polar surface area (TPSA) is 46.9 Å². The van der Waals surface area contributed by atoms with Crippen LogP contribution in [0.15, 0.2) is 35.4 Å². The number of carbonyl (C=O) groups is 1. The summed E-state index contributed by atoms with van der Waals surface area (Å²) in [5, 5.41) is 8.36. The van der Waals surface area contributed by atoms with Crippen LogP contribution < -0.4 is 5.32 Å². The number of fused-ring (bicyclic) bond motifs is 1. The van der Waals surface area contributed by atoms with Gasteiger partial charge in [-0.2, -0.15) is 5.10 Å². The largest absolute Gasteiger partial charge is 0.321 e. The fourth-order valence-corrected chi connectivity index (χ4v) is 2.79. The summed E-state index contributed by atoms with van der Waals surface area (Å²) in [6.07, 6.45) is 0. The van der Waals surface area contributed by atoms with Crippen molar-refractivity contribution in [3.8, 4) is 5.69 Å². The van der Waals surface area contributed by atoms with Gasteiger partial charge in [-0.25, -0.2) is 4.68 Å². The predicted molar refractivity (Wildman–Crippen MR) is 67.7 cm³/mol. The standard InChI is InChI=1S/C12H11N3OS/c1-8-11-12(17-7-10(16)13-11)15(14-8)9-5-3-2-4-6-9/h2-6H,7H2,1H3,(H,13,16). The van der Waals surface area contributed by atoms with Crippen molar-refractivity contribution in [3.05, 3.63) is 36.0 Å². The van der Waals surface area contributed by atoms with Gasteiger partial charge in [0.25, 0.3) is 0 Å². The number of benzene rings is 1. The lowest BCUT2D eigenvalue weighted by Crippen LogP contribution is -2.19. The number of nitrogens with zero attached hydrogens (tertiary/aromatic N) is 2. The maximum atomic E-state index is 11.4. The third kappa shape index (κ3) is 1.72. The van der Waals surface area contributed by atoms with Gasteiger partial charge in [0.05, 0.1) is 22.8 Å². The third-order valence-electron chi connectivity index (χ3n) is 2.62. The second-order valence-corrected chi connectivity index (χ2v) is 4.81. The van der Waals surface area contributed by atoms with E-state index in [1.54, 1.807) is 0 Å². The average molecular weight is 245 g/mol. The number of thioether (sulfide) groups is 1. The van der Waals surface area contributed by atoms with Crippen molar-refractivity contribution in [2.45, 2.75) is 11.9 Å². The molecule has 4 nitrogen and oxygen atoms in total. The van der Waals surface area contributed by atoms with Gasteiger partial charge in [0, 0.05) is 0 Å². The van der Waals surface area contributed by atoms with E-state index in [2.05, 4.69) is 10.4 Å². The van der Waals surface area contributed by atoms with Crippen LogP contribution in [0.25, 0.3) is 5.69 Å². The fraction of sp³-hybridized carbons (Fsp3) is 0.167. The highest BCUT2D eigenvalue weighted by molar-refractivity contribution is 8.00. The maximum Gasteiger partial charge on any atom is 0.234 e. The second kappa shape index (κ2) is 3.92. The number of para-hydroxylation sites is 1. The Bertz CT molecular complexity index is 577. The molecule has 0 saturated carbocycles. The van der Waals surface area contributed by atoms with E-state index in [4.69, 9.17) is 0 Å². The minimum absolute atomic E-state index is 0.0400. The number of hydrogen-bond acceptors (Lipinski definition) is 3. The van der Waals surface area contributed by atoms with E-state index in [1.807, 2.05) is 41.9 Å². The zero-order valence-electron chi connectivity index (χ0n) is 9.30. The number of rotatable bonds is 1. The molecule has 1 aromatic heterocycles. The van der Waals surface area contributed by atoms with Crippen LogP contribution >= 0.6 is 11.8 Å². The van der Waals surface area contributed by atoms with Gasteiger partial charge in [-0.05, 0) is 19.1 Å². The number of amides is 1. The van der Waals surface area contributed by atoms with Crippen molar-refractivity contribution in [1.82, 2.24) is 9.78 Å². The number of carbonyl (C=O) groups excluding carboxylic acids is 1. The lowest BCUT2D eigenvalue weighted by molar-refractivity contribution is -0.113. The zero-order valence-corrected chi connectivity index (χ0v) is 10.1. The second-order valence-electron chi connectivity index (χ2n) is 3.85. The maximum absolute atomic E-state index is 11.4. The molecule has 1 aliphatic rings. The van der Waals surface area contributed by atoms with E-state index < -0.39 is 0 Å². The van der Waals surface area contributed by atoms with Crippen LogP contribution in [-0.4, -0.2) is 21.4 Å². The molecular weight excluding hydrogens is 234 g/mol. The van der Waals surface area contributed by atoms with E-state index in [0.29, 0.717) is 5.75 Å². The highest BCUT2D eigenvalue weighted by atomic mass is 32.2. The van der Waals surface area contributed by atoms with Crippen LogP contribution in [0.3, 0.4) is 0 Å². The van der Waals surface area contributed by atoms with Crippen LogP contribution in [0.5, 0.6) is 0 Å². The molecule has 0 fully saturated rings. The Hall–Kier alpha value is -1.75. The fourth-order valence-electron chi connectivity index (χ4n) is 1.84. The van der Waals surface area contributed by atoms with Crippen LogP contribution in [0.1, 0.15) is 5.69 Å². The van der Waals surface area contributed by atoms with Gasteiger partial charge < -0.3 is 5.32 Å². The van der Waals surface area contributed by atoms with Crippen molar-refractivity contribution in [2.24, 2.45) is 0 Å². The van der Waals surface area contributed by atoms with E-state index in [0.717, 1.165) is 22.1 Å². The first kappa shape index (κ1) is 10.4. The lowest BCUT2D eigenvalue weighted by Gasteiger charge is -2.14. The summed E-state index contributed by atoms with van der Waals surface area (Å²) in [4.78, 5) is 11.4. The third-order valence-corrected chi connectivity index (χ3v) is 3.68. The number of aryl methyl sites for hydroxylation is 1. The summed E-state index contributed by atoms with van der Waals surface area (Å²) in [5.41, 5.74) is 2.71. The number of anilines is 1. The van der Waals surface area contributed by atoms with Gasteiger partial charge in [0.15, 0.2) is 0 Å². The molecule has 2 heterocycles. The zero-order chi connectivity index (χ0) is 11.8. The summed E-state index contributed by atoms with van der Waals surface area (Å²) in [6.45, 7) is 1.91. The predicted octanol–water partition coefficient (Wildman–Crippen LogP) is 2.22. The summed E-state index contributed by atoms with van der Waals surface area (Å²) in [5.74, 6) is 0.489. The summed E-state index contributed by atoms with van der Waals surface area (Å²) in [6, 6.07) is 9.93. The molecule has 0 spiro atoms. The normalized spacial score (nSPS) is 14.3. The smallest absolute Gasteiger partial charge is 0.234 e. The number of hydrogen-bond donors (Lipinski definition) is 1. The first-order valence-corrected chi connectivity index (χ1v) is 6.32. The molecule has 1 N–H and O–H groups in total. The number of nitrogens with one attached hydrogen (secondary N) is 1. The highest BCUT2D eigenvalue weighted by Gasteiger charge is 2.23. The van der Waals surface area contributed by atoms with E-state index in [9.17, 15) is 4.79 Å². The molecule has 0 aliphatic carbocycles. The van der Waals surface area contributed by atoms with Crippen LogP contribution in [-0.2, 0) is 4.79 Å². The molecule has 0 saturated heterocycles. The summed E-state index contributed by atoms with van der Waals surface area (Å²) in [7, 11) is 0. The molecule has 1 amide bonds. The molecule has 0 unspecified atom stereocenters. The van der Waals surface area contributed by atoms with Gasteiger partial charge in [0.1, 0.15) is 5.03 Å². The Balaban J connectivity index is 2.14. The minimum atomic E-state index is 0.0400. The van der Waals surface area contributed by atoms with E-state index >= 15 is 0 Å². The quantitative estimate of drug-likeness (QED) is 0.838. The average Bonchev–Trinajstić information content (AvgIpc) is 2.68. The molecule has 86 valence electrons. The van der Waals surface area contributed by atoms with Crippen LogP contribution in [0.4, 0.5) is 5.69 Å². The summed E-state index contributed by atoms with van der Waals surface area (Å²) >= 11 is 1.53. The Morgan fingerprint density at radius 1 is 1.35 bits per heavy atom. The number of aromatic nitrogens is 2. The Morgan fingerprint density at radius 3 is 2.88 bits per heavy atom. The molecule has 2 aromatic rings. The Labute approximate surface area is 103 Å². The van der Waals surface area contributed by atoms with E-state index in [1.165, 1.54) is 11.8 Å². The molecule has 0 bridgehead atoms. The summed E-state index contributed by atoms with van der Waals surface area (Å²) < 4.78 is 1.88. The van der Waals surface area contributed by atoms with Crippen LogP contribution in [0, 0.1) is 6.92 Å². The van der Waals surface area contributed by atoms with Gasteiger partial charge >= 0.3 is 0 Å². The molecule has 0 radical (unpaired) electrons. The van der Waals surface area contributed by atoms with Gasteiger partial charge in [-0.3, -0.25) is 4.79 Å². The van der Waals surface area contributed by atoms with Crippen molar-refractivity contribution >= 4 is 23.4 Å². The SMILES string of the molecule is Cc1nn(-c2ccccc2)c2c1NC(=O)CS2. The van der Waals surface area contributed by atoms with E-state index in [-0.39, 0.29) is 5.91 Å². The highest BCUT2D eigenvalue weighted by Crippen LogP contribution is 2.35. The van der Waals surface area contributed by atoms with Crippen molar-refractivity contribution in [2.75, 3.05) is 11.1 Å². The molecule has 5 heteroatoms.